The van der Waals surface area contributed by atoms with Crippen LogP contribution in [0.2, 0.25) is 0 Å². The minimum absolute atomic E-state index is 0.349. The molecule has 0 atom stereocenters. The molecule has 5 heteroatoms. The summed E-state index contributed by atoms with van der Waals surface area (Å²) in [5.41, 5.74) is -1.35. The second-order valence-electron chi connectivity index (χ2n) is 4.72. The molecule has 0 aromatic carbocycles. The Labute approximate surface area is 82.9 Å². The summed E-state index contributed by atoms with van der Waals surface area (Å²) < 4.78 is 0. The van der Waals surface area contributed by atoms with Crippen molar-refractivity contribution < 1.29 is 14.7 Å². The molecular weight excluding hydrogens is 184 g/mol. The zero-order chi connectivity index (χ0) is 11.0. The summed E-state index contributed by atoms with van der Waals surface area (Å²) in [7, 11) is 0. The SMILES string of the molecule is CC(C)(C)NC(=O)NC1(C(=O)O)CC1. The van der Waals surface area contributed by atoms with E-state index < -0.39 is 17.5 Å². The smallest absolute Gasteiger partial charge is 0.329 e. The average Bonchev–Trinajstić information content (AvgIpc) is 2.63. The molecule has 0 saturated heterocycles. The van der Waals surface area contributed by atoms with Crippen molar-refractivity contribution in [2.75, 3.05) is 0 Å². The number of hydrogen-bond acceptors (Lipinski definition) is 2. The van der Waals surface area contributed by atoms with Crippen LogP contribution >= 0.6 is 0 Å². The Kier molecular flexibility index (Phi) is 2.43. The van der Waals surface area contributed by atoms with Crippen molar-refractivity contribution in [3.8, 4) is 0 Å². The molecule has 0 aliphatic heterocycles. The highest BCUT2D eigenvalue weighted by Crippen LogP contribution is 2.35. The lowest BCUT2D eigenvalue weighted by Crippen LogP contribution is -2.52. The van der Waals surface area contributed by atoms with Crippen molar-refractivity contribution >= 4 is 12.0 Å². The topological polar surface area (TPSA) is 78.4 Å². The molecule has 0 bridgehead atoms. The molecule has 1 aliphatic carbocycles. The van der Waals surface area contributed by atoms with Crippen LogP contribution in [0.4, 0.5) is 4.79 Å². The maximum atomic E-state index is 11.3. The summed E-state index contributed by atoms with van der Waals surface area (Å²) in [6.45, 7) is 5.52. The fraction of sp³-hybridized carbons (Fsp3) is 0.778. The van der Waals surface area contributed by atoms with E-state index in [1.165, 1.54) is 0 Å². The van der Waals surface area contributed by atoms with Crippen molar-refractivity contribution in [2.45, 2.75) is 44.7 Å². The zero-order valence-corrected chi connectivity index (χ0v) is 8.68. The number of rotatable bonds is 2. The lowest BCUT2D eigenvalue weighted by Gasteiger charge is -2.22. The van der Waals surface area contributed by atoms with Gasteiger partial charge in [-0.1, -0.05) is 0 Å². The summed E-state index contributed by atoms with van der Waals surface area (Å²) in [5.74, 6) is -0.957. The van der Waals surface area contributed by atoms with Crippen LogP contribution in [0.3, 0.4) is 0 Å². The third kappa shape index (κ3) is 2.61. The number of urea groups is 1. The Bertz CT molecular complexity index is 264. The molecule has 1 fully saturated rings. The first-order valence-electron chi connectivity index (χ1n) is 4.59. The molecule has 1 rings (SSSR count). The van der Waals surface area contributed by atoms with Crippen molar-refractivity contribution in [2.24, 2.45) is 0 Å². The van der Waals surface area contributed by atoms with Crippen LogP contribution in [-0.2, 0) is 4.79 Å². The van der Waals surface area contributed by atoms with E-state index in [-0.39, 0.29) is 5.54 Å². The van der Waals surface area contributed by atoms with Gasteiger partial charge in [-0.25, -0.2) is 9.59 Å². The molecule has 0 radical (unpaired) electrons. The van der Waals surface area contributed by atoms with E-state index in [1.54, 1.807) is 0 Å². The average molecular weight is 200 g/mol. The van der Waals surface area contributed by atoms with E-state index in [1.807, 2.05) is 20.8 Å². The van der Waals surface area contributed by atoms with Crippen molar-refractivity contribution in [3.05, 3.63) is 0 Å². The number of carboxylic acids is 1. The molecule has 1 saturated carbocycles. The highest BCUT2D eigenvalue weighted by atomic mass is 16.4. The molecule has 0 unspecified atom stereocenters. The van der Waals surface area contributed by atoms with Crippen LogP contribution in [0, 0.1) is 0 Å². The monoisotopic (exact) mass is 200 g/mol. The predicted octanol–water partition coefficient (Wildman–Crippen LogP) is 0.701. The summed E-state index contributed by atoms with van der Waals surface area (Å²) >= 11 is 0. The van der Waals surface area contributed by atoms with E-state index in [9.17, 15) is 9.59 Å². The van der Waals surface area contributed by atoms with E-state index in [0.717, 1.165) is 0 Å². The minimum atomic E-state index is -1.00. The Morgan fingerprint density at radius 2 is 1.79 bits per heavy atom. The van der Waals surface area contributed by atoms with E-state index in [2.05, 4.69) is 10.6 Å². The molecule has 5 nitrogen and oxygen atoms in total. The minimum Gasteiger partial charge on any atom is -0.480 e. The van der Waals surface area contributed by atoms with Gasteiger partial charge < -0.3 is 15.7 Å². The van der Waals surface area contributed by atoms with Gasteiger partial charge in [0.15, 0.2) is 0 Å². The van der Waals surface area contributed by atoms with Crippen LogP contribution in [0.25, 0.3) is 0 Å². The van der Waals surface area contributed by atoms with Gasteiger partial charge in [-0.15, -0.1) is 0 Å². The third-order valence-corrected chi connectivity index (χ3v) is 2.00. The summed E-state index contributed by atoms with van der Waals surface area (Å²) in [4.78, 5) is 22.1. The molecule has 0 heterocycles. The number of aliphatic carboxylic acids is 1. The highest BCUT2D eigenvalue weighted by molar-refractivity contribution is 5.89. The Balaban J connectivity index is 2.46. The molecule has 14 heavy (non-hydrogen) atoms. The van der Waals surface area contributed by atoms with Gasteiger partial charge in [0.2, 0.25) is 0 Å². The first-order chi connectivity index (χ1) is 6.25. The Morgan fingerprint density at radius 3 is 2.07 bits per heavy atom. The van der Waals surface area contributed by atoms with Crippen LogP contribution in [-0.4, -0.2) is 28.2 Å². The standard InChI is InChI=1S/C9H16N2O3/c1-8(2,3)10-7(14)11-9(4-5-9)6(12)13/h4-5H2,1-3H3,(H,12,13)(H2,10,11,14). The van der Waals surface area contributed by atoms with Gasteiger partial charge in [0.1, 0.15) is 5.54 Å². The van der Waals surface area contributed by atoms with Gasteiger partial charge in [-0.05, 0) is 33.6 Å². The van der Waals surface area contributed by atoms with E-state index in [0.29, 0.717) is 12.8 Å². The van der Waals surface area contributed by atoms with Gasteiger partial charge in [0, 0.05) is 5.54 Å². The van der Waals surface area contributed by atoms with E-state index >= 15 is 0 Å². The quantitative estimate of drug-likeness (QED) is 0.614. The van der Waals surface area contributed by atoms with Gasteiger partial charge >= 0.3 is 12.0 Å². The van der Waals surface area contributed by atoms with Crippen LogP contribution < -0.4 is 10.6 Å². The first-order valence-corrected chi connectivity index (χ1v) is 4.59. The molecule has 0 spiro atoms. The second kappa shape index (κ2) is 3.15. The molecule has 0 aromatic rings. The largest absolute Gasteiger partial charge is 0.480 e. The fourth-order valence-corrected chi connectivity index (χ4v) is 1.11. The third-order valence-electron chi connectivity index (χ3n) is 2.00. The molecule has 0 aromatic heterocycles. The zero-order valence-electron chi connectivity index (χ0n) is 8.68. The molecule has 3 N–H and O–H groups in total. The normalized spacial score (nSPS) is 18.5. The Hall–Kier alpha value is -1.26. The summed E-state index contributed by atoms with van der Waals surface area (Å²) in [6.07, 6.45) is 1.03. The van der Waals surface area contributed by atoms with Crippen LogP contribution in [0.15, 0.2) is 0 Å². The predicted molar refractivity (Wildman–Crippen MR) is 51.0 cm³/mol. The van der Waals surface area contributed by atoms with Crippen LogP contribution in [0.1, 0.15) is 33.6 Å². The Morgan fingerprint density at radius 1 is 1.29 bits per heavy atom. The van der Waals surface area contributed by atoms with E-state index in [4.69, 9.17) is 5.11 Å². The van der Waals surface area contributed by atoms with Gasteiger partial charge in [0.05, 0.1) is 0 Å². The summed E-state index contributed by atoms with van der Waals surface area (Å²) in [5, 5.41) is 13.9. The number of nitrogens with one attached hydrogen (secondary N) is 2. The molecule has 1 aliphatic rings. The lowest BCUT2D eigenvalue weighted by molar-refractivity contribution is -0.140. The number of hydrogen-bond donors (Lipinski definition) is 3. The molecule has 2 amide bonds. The van der Waals surface area contributed by atoms with Crippen molar-refractivity contribution in [1.29, 1.82) is 0 Å². The molecule has 80 valence electrons. The van der Waals surface area contributed by atoms with Gasteiger partial charge in [-0.2, -0.15) is 0 Å². The number of carboxylic acid groups (broad SMARTS) is 1. The van der Waals surface area contributed by atoms with Crippen molar-refractivity contribution in [3.63, 3.8) is 0 Å². The van der Waals surface area contributed by atoms with Crippen molar-refractivity contribution in [1.82, 2.24) is 10.6 Å². The summed E-state index contributed by atoms with van der Waals surface area (Å²) in [6, 6.07) is -0.419. The number of carbonyl (C=O) groups excluding carboxylic acids is 1. The maximum Gasteiger partial charge on any atom is 0.329 e. The molecular formula is C9H16N2O3. The number of carbonyl (C=O) groups is 2. The highest BCUT2D eigenvalue weighted by Gasteiger charge is 2.51. The first kappa shape index (κ1) is 10.8. The van der Waals surface area contributed by atoms with Crippen LogP contribution in [0.5, 0.6) is 0 Å². The fourth-order valence-electron chi connectivity index (χ4n) is 1.11. The lowest BCUT2D eigenvalue weighted by atomic mass is 10.1. The maximum absolute atomic E-state index is 11.3. The van der Waals surface area contributed by atoms with Gasteiger partial charge in [-0.3, -0.25) is 0 Å². The van der Waals surface area contributed by atoms with Gasteiger partial charge in [0.25, 0.3) is 0 Å². The number of amides is 2. The second-order valence-corrected chi connectivity index (χ2v) is 4.72.